The summed E-state index contributed by atoms with van der Waals surface area (Å²) in [6.07, 6.45) is 22.6. The van der Waals surface area contributed by atoms with Gasteiger partial charge in [0.05, 0.1) is 84.0 Å². The predicted octanol–water partition coefficient (Wildman–Crippen LogP) is 12.5. The van der Waals surface area contributed by atoms with Gasteiger partial charge in [-0.25, -0.2) is 39.0 Å². The fourth-order valence-corrected chi connectivity index (χ4v) is 16.1. The van der Waals surface area contributed by atoms with Crippen LogP contribution in [0.25, 0.3) is 74.4 Å². The SMILES string of the molecule is CC1=Cc2oc3nc(C)ccc3c2N(C)B1N1c2nccnc2N(c2ccccc2)[C@@H]1C.CC1=Cc2oc3nc(C)ccc3c2N(C)B1[n+]1cccn1C.CC1=Cc2oc3nc(C)ccc3c2N(C)B1[n+]1cccn1C.CC1=Cc2oc3nc(C)ccc3c2N(C)B1c1c[n+](-c2ccccc2)c(C)n1C. The molecule has 5 aliphatic heterocycles. The third-order valence-electron chi connectivity index (χ3n) is 21.1. The maximum atomic E-state index is 6.12. The molecule has 17 heterocycles. The van der Waals surface area contributed by atoms with Crippen LogP contribution in [0.2, 0.25) is 0 Å². The number of para-hydroxylation sites is 2. The van der Waals surface area contributed by atoms with Crippen LogP contribution < -0.4 is 48.3 Å². The molecule has 0 radical (unpaired) electrons. The molecular formula is C79H83B4N18O4+3. The lowest BCUT2D eigenvalue weighted by molar-refractivity contribution is -0.629. The summed E-state index contributed by atoms with van der Waals surface area (Å²) in [7, 11) is 14.7. The predicted molar refractivity (Wildman–Crippen MR) is 422 cm³/mol. The molecule has 0 unspecified atom stereocenters. The Morgan fingerprint density at radius 2 is 0.819 bits per heavy atom. The molecule has 0 aliphatic carbocycles. The van der Waals surface area contributed by atoms with Crippen molar-refractivity contribution >= 4 is 142 Å². The number of nitrogens with zero attached hydrogens (tertiary/aromatic N) is 18. The molecule has 14 aromatic rings. The number of hydrogen-bond acceptors (Lipinski definition) is 16. The van der Waals surface area contributed by atoms with Gasteiger partial charge in [0, 0.05) is 85.0 Å². The topological polar surface area (TPSA) is 176 Å². The van der Waals surface area contributed by atoms with Crippen molar-refractivity contribution in [1.82, 2.24) is 43.8 Å². The highest BCUT2D eigenvalue weighted by Gasteiger charge is 2.50. The van der Waals surface area contributed by atoms with Gasteiger partial charge in [-0.2, -0.15) is 18.5 Å². The largest absolute Gasteiger partial charge is 0.671 e. The van der Waals surface area contributed by atoms with Gasteiger partial charge in [-0.3, -0.25) is 0 Å². The Bertz CT molecular complexity index is 5710. The minimum absolute atomic E-state index is 0.0192. The zero-order valence-electron chi connectivity index (χ0n) is 62.5. The molecule has 1 atom stereocenters. The molecule has 0 saturated carbocycles. The zero-order chi connectivity index (χ0) is 73.1. The fraction of sp³-hybridized carbons (Fsp3) is 0.228. The maximum absolute atomic E-state index is 6.12. The second-order valence-corrected chi connectivity index (χ2v) is 28.2. The first kappa shape index (κ1) is 67.4. The van der Waals surface area contributed by atoms with Crippen LogP contribution in [0.15, 0.2) is 204 Å². The minimum atomic E-state index is -0.0382. The second kappa shape index (κ2) is 26.3. The highest BCUT2D eigenvalue weighted by Crippen LogP contribution is 2.47. The van der Waals surface area contributed by atoms with Gasteiger partial charge in [0.25, 0.3) is 5.82 Å². The van der Waals surface area contributed by atoms with Crippen molar-refractivity contribution in [2.45, 2.75) is 75.4 Å². The second-order valence-electron chi connectivity index (χ2n) is 28.2. The average molecular weight is 1390 g/mol. The van der Waals surface area contributed by atoms with E-state index in [9.17, 15) is 0 Å². The Morgan fingerprint density at radius 3 is 1.26 bits per heavy atom. The van der Waals surface area contributed by atoms with E-state index in [1.165, 1.54) is 39.0 Å². The van der Waals surface area contributed by atoms with E-state index in [1.54, 1.807) is 12.4 Å². The Morgan fingerprint density at radius 1 is 0.419 bits per heavy atom. The quantitative estimate of drug-likeness (QED) is 0.113. The van der Waals surface area contributed by atoms with Crippen molar-refractivity contribution in [3.63, 3.8) is 0 Å². The zero-order valence-corrected chi connectivity index (χ0v) is 62.5. The molecule has 522 valence electrons. The van der Waals surface area contributed by atoms with Crippen molar-refractivity contribution in [2.24, 2.45) is 21.1 Å². The Labute approximate surface area is 611 Å². The van der Waals surface area contributed by atoms with Crippen LogP contribution in [0.1, 0.15) is 86.3 Å². The number of rotatable bonds is 6. The Hall–Kier alpha value is -12.1. The molecule has 12 aromatic heterocycles. The average Bonchev–Trinajstić information content (AvgIpc) is 1.58. The number of aryl methyl sites for hydroxylation is 6. The van der Waals surface area contributed by atoms with E-state index in [2.05, 4.69) is 308 Å². The number of aromatic nitrogens is 12. The van der Waals surface area contributed by atoms with Gasteiger partial charge in [-0.15, -0.1) is 0 Å². The van der Waals surface area contributed by atoms with E-state index in [0.717, 1.165) is 107 Å². The van der Waals surface area contributed by atoms with E-state index < -0.39 is 0 Å². The summed E-state index contributed by atoms with van der Waals surface area (Å²) in [5.74, 6) is 6.44. The number of imidazole rings is 1. The van der Waals surface area contributed by atoms with Gasteiger partial charge in [0.2, 0.25) is 22.9 Å². The smallest absolute Gasteiger partial charge is 0.436 e. The summed E-state index contributed by atoms with van der Waals surface area (Å²) in [5, 5.41) is 4.20. The molecule has 19 rings (SSSR count). The molecule has 0 saturated heterocycles. The number of furan rings is 4. The maximum Gasteiger partial charge on any atom is 0.671 e. The summed E-state index contributed by atoms with van der Waals surface area (Å²) in [4.78, 5) is 41.4. The molecule has 0 N–H and O–H groups in total. The van der Waals surface area contributed by atoms with Gasteiger partial charge in [0.15, 0.2) is 47.1 Å². The first-order valence-electron chi connectivity index (χ1n) is 35.5. The summed E-state index contributed by atoms with van der Waals surface area (Å²) in [6, 6.07) is 41.5. The number of anilines is 7. The van der Waals surface area contributed by atoms with E-state index in [0.29, 0.717) is 22.9 Å². The van der Waals surface area contributed by atoms with Gasteiger partial charge < -0.3 is 46.6 Å². The van der Waals surface area contributed by atoms with Gasteiger partial charge in [-0.05, 0) is 174 Å². The third-order valence-corrected chi connectivity index (χ3v) is 21.1. The summed E-state index contributed by atoms with van der Waals surface area (Å²) < 4.78 is 37.3. The summed E-state index contributed by atoms with van der Waals surface area (Å²) >= 11 is 0. The molecule has 22 nitrogen and oxygen atoms in total. The number of fused-ring (bicyclic) bond motifs is 13. The minimum Gasteiger partial charge on any atom is -0.436 e. The molecular weight excluding hydrogens is 1310 g/mol. The summed E-state index contributed by atoms with van der Waals surface area (Å²) in [5.41, 5.74) is 19.4. The highest BCUT2D eigenvalue weighted by atomic mass is 16.4. The molecule has 0 bridgehead atoms. The van der Waals surface area contributed by atoms with Crippen LogP contribution in [0.3, 0.4) is 0 Å². The van der Waals surface area contributed by atoms with Crippen LogP contribution in [0.4, 0.5) is 40.1 Å². The fourth-order valence-electron chi connectivity index (χ4n) is 16.1. The van der Waals surface area contributed by atoms with Crippen LogP contribution in [-0.2, 0) is 21.1 Å². The highest BCUT2D eigenvalue weighted by molar-refractivity contribution is 6.83. The number of benzene rings is 2. The number of hydrogen-bond donors (Lipinski definition) is 0. The number of allylic oxidation sites excluding steroid dienone is 4. The van der Waals surface area contributed by atoms with Crippen molar-refractivity contribution < 1.29 is 31.4 Å². The molecule has 0 amide bonds. The van der Waals surface area contributed by atoms with Crippen molar-refractivity contribution in [3.05, 3.63) is 238 Å². The normalized spacial score (nSPS) is 15.2. The van der Waals surface area contributed by atoms with Crippen molar-refractivity contribution in [3.8, 4) is 5.69 Å². The molecule has 0 spiro atoms. The Balaban J connectivity index is 0.000000109. The van der Waals surface area contributed by atoms with E-state index in [-0.39, 0.29) is 34.0 Å². The summed E-state index contributed by atoms with van der Waals surface area (Å²) in [6.45, 7) is 21.2. The molecule has 26 heteroatoms. The lowest BCUT2D eigenvalue weighted by Crippen LogP contribution is -2.66. The molecule has 2 aromatic carbocycles. The van der Waals surface area contributed by atoms with Gasteiger partial charge in [0.1, 0.15) is 17.5 Å². The van der Waals surface area contributed by atoms with E-state index in [1.807, 2.05) is 64.1 Å². The van der Waals surface area contributed by atoms with E-state index in [4.69, 9.17) is 27.6 Å². The van der Waals surface area contributed by atoms with Crippen molar-refractivity contribution in [2.75, 3.05) is 57.1 Å². The van der Waals surface area contributed by atoms with Crippen molar-refractivity contribution in [1.29, 1.82) is 0 Å². The lowest BCUT2D eigenvalue weighted by atomic mass is 9.50. The van der Waals surface area contributed by atoms with Crippen LogP contribution >= 0.6 is 0 Å². The van der Waals surface area contributed by atoms with E-state index >= 15 is 0 Å². The lowest BCUT2D eigenvalue weighted by Gasteiger charge is -2.40. The van der Waals surface area contributed by atoms with Crippen LogP contribution in [0, 0.1) is 34.6 Å². The van der Waals surface area contributed by atoms with Crippen LogP contribution in [-0.4, -0.2) is 106 Å². The van der Waals surface area contributed by atoms with Crippen LogP contribution in [0.5, 0.6) is 0 Å². The third kappa shape index (κ3) is 11.4. The molecule has 105 heavy (non-hydrogen) atoms. The first-order valence-corrected chi connectivity index (χ1v) is 35.5. The Kier molecular flexibility index (Phi) is 16.9. The monoisotopic (exact) mass is 1390 g/mol. The first-order chi connectivity index (χ1) is 50.6. The number of pyridine rings is 4. The molecule has 5 aliphatic rings. The standard InChI is InChI=1S/C24H23BN6O.C23H24BN4O.2C16H18BN4O/c1-15-14-20-21(19-11-10-16(2)28-24(19)32-20)29(4)25(15)31-17(3)30(18-8-6-5-7-9-18)22-23(31)27-13-12-26-22;1-15-13-20-22(19-12-11-16(2)25-23(19)29-20)27(5)24(15)21-14-28(17(3)26(21)4)18-9-7-6-8-10-18;2*1-11-10-14-15(13-7-6-12(2)18-16(13)22-14)20(4)17(11)21-9-5-8-19(21)3/h5-14,17H,1-4H3;6-14H,1-5H3;2*5-10H,1-4H3/q;3*+1/t17-;;;/m0.../s1. The van der Waals surface area contributed by atoms with Gasteiger partial charge in [-0.1, -0.05) is 47.3 Å². The van der Waals surface area contributed by atoms with Gasteiger partial charge >= 0.3 is 27.8 Å². The molecule has 0 fully saturated rings.